The number of nitro benzene ring substituents is 1. The first kappa shape index (κ1) is 11.4. The second-order valence-electron chi connectivity index (χ2n) is 2.57. The number of halogens is 2. The van der Waals surface area contributed by atoms with E-state index in [0.717, 1.165) is 0 Å². The number of carbonyl (C=O) groups excluding carboxylic acids is 1. The first-order chi connectivity index (χ1) is 6.45. The van der Waals surface area contributed by atoms with E-state index in [0.29, 0.717) is 3.57 Å². The number of hydrogen-bond donors (Lipinski definition) is 0. The Morgan fingerprint density at radius 2 is 2.14 bits per heavy atom. The highest BCUT2D eigenvalue weighted by molar-refractivity contribution is 14.1. The van der Waals surface area contributed by atoms with Crippen LogP contribution < -0.4 is 0 Å². The van der Waals surface area contributed by atoms with Crippen LogP contribution in [0.2, 0.25) is 5.02 Å². The fourth-order valence-electron chi connectivity index (χ4n) is 1.05. The lowest BCUT2D eigenvalue weighted by atomic mass is 10.1. The second-order valence-corrected chi connectivity index (χ2v) is 4.14. The number of rotatable bonds is 2. The fraction of sp³-hybridized carbons (Fsp3) is 0.125. The molecule has 0 aliphatic rings. The van der Waals surface area contributed by atoms with E-state index in [4.69, 9.17) is 11.6 Å². The van der Waals surface area contributed by atoms with E-state index in [1.165, 1.54) is 13.0 Å². The highest BCUT2D eigenvalue weighted by atomic mass is 127. The average molecular weight is 325 g/mol. The molecule has 0 atom stereocenters. The van der Waals surface area contributed by atoms with Gasteiger partial charge >= 0.3 is 0 Å². The van der Waals surface area contributed by atoms with Crippen LogP contribution in [0, 0.1) is 13.7 Å². The van der Waals surface area contributed by atoms with Crippen LogP contribution in [0.1, 0.15) is 17.3 Å². The molecule has 74 valence electrons. The SMILES string of the molecule is CC(=O)c1c(I)ccc(Cl)c1[N+](=O)[O-]. The van der Waals surface area contributed by atoms with Crippen molar-refractivity contribution in [2.45, 2.75) is 6.92 Å². The Bertz CT molecular complexity index is 380. The van der Waals surface area contributed by atoms with Crippen molar-refractivity contribution >= 4 is 45.7 Å². The zero-order chi connectivity index (χ0) is 10.9. The van der Waals surface area contributed by atoms with Crippen molar-refractivity contribution in [1.82, 2.24) is 0 Å². The Balaban J connectivity index is 3.58. The molecule has 0 saturated heterocycles. The summed E-state index contributed by atoms with van der Waals surface area (Å²) in [6, 6.07) is 2.99. The molecule has 4 nitrogen and oxygen atoms in total. The quantitative estimate of drug-likeness (QED) is 0.363. The normalized spacial score (nSPS) is 9.93. The van der Waals surface area contributed by atoms with Gasteiger partial charge in [0.25, 0.3) is 5.69 Å². The van der Waals surface area contributed by atoms with Gasteiger partial charge in [-0.2, -0.15) is 0 Å². The molecule has 6 heteroatoms. The highest BCUT2D eigenvalue weighted by Crippen LogP contribution is 2.31. The summed E-state index contributed by atoms with van der Waals surface area (Å²) in [4.78, 5) is 21.2. The summed E-state index contributed by atoms with van der Waals surface area (Å²) in [5, 5.41) is 10.7. The van der Waals surface area contributed by atoms with E-state index in [2.05, 4.69) is 0 Å². The summed E-state index contributed by atoms with van der Waals surface area (Å²) in [7, 11) is 0. The molecule has 0 aliphatic heterocycles. The average Bonchev–Trinajstić information content (AvgIpc) is 2.07. The van der Waals surface area contributed by atoms with Gasteiger partial charge in [-0.25, -0.2) is 0 Å². The Kier molecular flexibility index (Phi) is 3.43. The summed E-state index contributed by atoms with van der Waals surface area (Å²) in [5.41, 5.74) is -0.242. The maximum Gasteiger partial charge on any atom is 0.299 e. The minimum Gasteiger partial charge on any atom is -0.294 e. The molecule has 0 N–H and O–H groups in total. The van der Waals surface area contributed by atoms with E-state index in [1.54, 1.807) is 6.07 Å². The van der Waals surface area contributed by atoms with Gasteiger partial charge in [0.2, 0.25) is 0 Å². The van der Waals surface area contributed by atoms with Crippen molar-refractivity contribution in [3.63, 3.8) is 0 Å². The molecule has 1 aromatic carbocycles. The molecule has 0 fully saturated rings. The van der Waals surface area contributed by atoms with Gasteiger partial charge in [0.1, 0.15) is 10.6 Å². The lowest BCUT2D eigenvalue weighted by Crippen LogP contribution is -2.03. The van der Waals surface area contributed by atoms with Gasteiger partial charge in [-0.1, -0.05) is 11.6 Å². The standard InChI is InChI=1S/C8H5ClINO3/c1-4(12)7-6(10)3-2-5(9)8(7)11(13)14/h2-3H,1H3. The number of benzene rings is 1. The largest absolute Gasteiger partial charge is 0.299 e. The lowest BCUT2D eigenvalue weighted by molar-refractivity contribution is -0.385. The Hall–Kier alpha value is -0.690. The summed E-state index contributed by atoms with van der Waals surface area (Å²) < 4.78 is 0.534. The minimum absolute atomic E-state index is 0.0133. The maximum atomic E-state index is 11.2. The van der Waals surface area contributed by atoms with Crippen LogP contribution in [0.5, 0.6) is 0 Å². The molecule has 14 heavy (non-hydrogen) atoms. The fourth-order valence-corrected chi connectivity index (χ4v) is 2.10. The van der Waals surface area contributed by atoms with Crippen LogP contribution in [-0.2, 0) is 0 Å². The van der Waals surface area contributed by atoms with E-state index in [-0.39, 0.29) is 22.1 Å². The first-order valence-electron chi connectivity index (χ1n) is 3.58. The molecule has 1 aromatic rings. The first-order valence-corrected chi connectivity index (χ1v) is 5.04. The number of nitrogens with zero attached hydrogens (tertiary/aromatic N) is 1. The third-order valence-corrected chi connectivity index (χ3v) is 2.82. The molecule has 0 spiro atoms. The number of nitro groups is 1. The van der Waals surface area contributed by atoms with Crippen molar-refractivity contribution in [3.8, 4) is 0 Å². The van der Waals surface area contributed by atoms with Gasteiger partial charge in [0.15, 0.2) is 5.78 Å². The number of Topliss-reactive ketones (excluding diaryl/α,β-unsaturated/α-hetero) is 1. The summed E-state index contributed by atoms with van der Waals surface area (Å²) in [6.45, 7) is 1.28. The third-order valence-electron chi connectivity index (χ3n) is 1.61. The smallest absolute Gasteiger partial charge is 0.294 e. The second kappa shape index (κ2) is 4.22. The van der Waals surface area contributed by atoms with Crippen LogP contribution in [0.25, 0.3) is 0 Å². The van der Waals surface area contributed by atoms with E-state index < -0.39 is 4.92 Å². The molecule has 1 rings (SSSR count). The minimum atomic E-state index is -0.638. The molecule has 0 saturated carbocycles. The zero-order valence-corrected chi connectivity index (χ0v) is 10.00. The van der Waals surface area contributed by atoms with Crippen molar-refractivity contribution in [2.75, 3.05) is 0 Å². The van der Waals surface area contributed by atoms with Gasteiger partial charge < -0.3 is 0 Å². The van der Waals surface area contributed by atoms with Gasteiger partial charge in [-0.05, 0) is 41.6 Å². The van der Waals surface area contributed by atoms with E-state index >= 15 is 0 Å². The van der Waals surface area contributed by atoms with Crippen LogP contribution in [0.4, 0.5) is 5.69 Å². The highest BCUT2D eigenvalue weighted by Gasteiger charge is 2.24. The zero-order valence-electron chi connectivity index (χ0n) is 7.08. The summed E-state index contributed by atoms with van der Waals surface area (Å²) >= 11 is 7.51. The Labute approximate surface area is 98.5 Å². The van der Waals surface area contributed by atoms with Crippen LogP contribution in [0.15, 0.2) is 12.1 Å². The topological polar surface area (TPSA) is 60.2 Å². The predicted octanol–water partition coefficient (Wildman–Crippen LogP) is 3.06. The van der Waals surface area contributed by atoms with Crippen molar-refractivity contribution in [3.05, 3.63) is 36.4 Å². The van der Waals surface area contributed by atoms with Crippen LogP contribution in [0.3, 0.4) is 0 Å². The lowest BCUT2D eigenvalue weighted by Gasteiger charge is -2.02. The van der Waals surface area contributed by atoms with E-state index in [9.17, 15) is 14.9 Å². The molecule has 0 unspecified atom stereocenters. The van der Waals surface area contributed by atoms with Gasteiger partial charge in [-0.3, -0.25) is 14.9 Å². The summed E-state index contributed by atoms with van der Waals surface area (Å²) in [6.07, 6.45) is 0. The van der Waals surface area contributed by atoms with Gasteiger partial charge in [-0.15, -0.1) is 0 Å². The third kappa shape index (κ3) is 2.03. The number of hydrogen-bond acceptors (Lipinski definition) is 3. The molecule has 0 amide bonds. The molecule has 0 aliphatic carbocycles. The summed E-state index contributed by atoms with van der Waals surface area (Å²) in [5.74, 6) is -0.358. The molecular weight excluding hydrogens is 320 g/mol. The molecule has 0 bridgehead atoms. The molecular formula is C8H5ClINO3. The van der Waals surface area contributed by atoms with Crippen LogP contribution in [-0.4, -0.2) is 10.7 Å². The van der Waals surface area contributed by atoms with E-state index in [1.807, 2.05) is 22.6 Å². The monoisotopic (exact) mass is 325 g/mol. The van der Waals surface area contributed by atoms with Crippen LogP contribution >= 0.6 is 34.2 Å². The predicted molar refractivity (Wildman–Crippen MR) is 60.8 cm³/mol. The molecule has 0 radical (unpaired) electrons. The van der Waals surface area contributed by atoms with Crippen molar-refractivity contribution in [1.29, 1.82) is 0 Å². The van der Waals surface area contributed by atoms with Gasteiger partial charge in [0.05, 0.1) is 4.92 Å². The Morgan fingerprint density at radius 3 is 2.50 bits per heavy atom. The number of ketones is 1. The van der Waals surface area contributed by atoms with Gasteiger partial charge in [0, 0.05) is 3.57 Å². The van der Waals surface area contributed by atoms with Crippen molar-refractivity contribution in [2.24, 2.45) is 0 Å². The molecule has 0 aromatic heterocycles. The van der Waals surface area contributed by atoms with Crippen molar-refractivity contribution < 1.29 is 9.72 Å². The number of carbonyl (C=O) groups is 1. The Morgan fingerprint density at radius 1 is 1.57 bits per heavy atom. The maximum absolute atomic E-state index is 11.2. The molecule has 0 heterocycles.